The van der Waals surface area contributed by atoms with Crippen molar-refractivity contribution in [3.8, 4) is 12.5 Å². The second-order valence-electron chi connectivity index (χ2n) is 8.10. The van der Waals surface area contributed by atoms with Crippen LogP contribution < -0.4 is 5.32 Å². The molecule has 1 aliphatic carbocycles. The van der Waals surface area contributed by atoms with Crippen LogP contribution in [0, 0.1) is 18.4 Å². The first-order chi connectivity index (χ1) is 14.4. The van der Waals surface area contributed by atoms with Crippen molar-refractivity contribution in [1.29, 1.82) is 0 Å². The van der Waals surface area contributed by atoms with E-state index < -0.39 is 30.1 Å². The zero-order valence-electron chi connectivity index (χ0n) is 17.1. The SMILES string of the molecule is C#COC(=O)[C@H](CCc1ccccc1)N[C@@H](C)C(=O)N1[C@H](C(=O)O)C[C@@H]2CCC[C@@H]21. The number of nitrogens with one attached hydrogen (secondary N) is 1. The van der Waals surface area contributed by atoms with Crippen LogP contribution in [0.25, 0.3) is 0 Å². The number of nitrogens with zero attached hydrogens (tertiary/aromatic N) is 1. The summed E-state index contributed by atoms with van der Waals surface area (Å²) < 4.78 is 4.73. The molecule has 1 saturated carbocycles. The molecule has 1 aromatic carbocycles. The van der Waals surface area contributed by atoms with Crippen LogP contribution >= 0.6 is 0 Å². The standard InChI is InChI=1S/C23H28N2O5/c1-3-30-23(29)18(13-12-16-8-5-4-6-9-16)24-15(2)21(26)25-19-11-7-10-17(19)14-20(25)22(27)28/h1,4-6,8-9,15,17-20,24H,7,10-14H2,2H3,(H,27,28)/t15-,17-,18-,19-,20-/m0/s1. The second-order valence-corrected chi connectivity index (χ2v) is 8.10. The van der Waals surface area contributed by atoms with E-state index in [9.17, 15) is 19.5 Å². The number of esters is 1. The molecule has 0 unspecified atom stereocenters. The van der Waals surface area contributed by atoms with E-state index >= 15 is 0 Å². The number of fused-ring (bicyclic) bond motifs is 1. The molecule has 1 saturated heterocycles. The molecule has 2 aliphatic rings. The largest absolute Gasteiger partial charge is 0.480 e. The Morgan fingerprint density at radius 1 is 1.30 bits per heavy atom. The molecule has 5 atom stereocenters. The first-order valence-corrected chi connectivity index (χ1v) is 10.4. The Balaban J connectivity index is 1.69. The predicted octanol–water partition coefficient (Wildman–Crippen LogP) is 1.95. The summed E-state index contributed by atoms with van der Waals surface area (Å²) in [4.78, 5) is 38.8. The normalized spacial score (nSPS) is 24.5. The lowest BCUT2D eigenvalue weighted by molar-refractivity contribution is -0.151. The quantitative estimate of drug-likeness (QED) is 0.501. The fraction of sp³-hybridized carbons (Fsp3) is 0.522. The summed E-state index contributed by atoms with van der Waals surface area (Å²) in [5.41, 5.74) is 1.05. The van der Waals surface area contributed by atoms with Gasteiger partial charge in [-0.1, -0.05) is 43.2 Å². The van der Waals surface area contributed by atoms with Gasteiger partial charge in [0.1, 0.15) is 18.2 Å². The Morgan fingerprint density at radius 2 is 2.03 bits per heavy atom. The molecule has 0 spiro atoms. The molecular weight excluding hydrogens is 384 g/mol. The van der Waals surface area contributed by atoms with Crippen LogP contribution in [0.3, 0.4) is 0 Å². The van der Waals surface area contributed by atoms with Crippen molar-refractivity contribution >= 4 is 17.8 Å². The molecule has 7 heteroatoms. The molecule has 0 aromatic heterocycles. The smallest absolute Gasteiger partial charge is 0.337 e. The molecular formula is C23H28N2O5. The van der Waals surface area contributed by atoms with E-state index in [2.05, 4.69) is 5.32 Å². The Kier molecular flexibility index (Phi) is 7.11. The predicted molar refractivity (Wildman–Crippen MR) is 110 cm³/mol. The van der Waals surface area contributed by atoms with Crippen LogP contribution in [0.2, 0.25) is 0 Å². The topological polar surface area (TPSA) is 95.9 Å². The van der Waals surface area contributed by atoms with Gasteiger partial charge in [-0.15, -0.1) is 0 Å². The average molecular weight is 412 g/mol. The number of aryl methyl sites for hydroxylation is 1. The summed E-state index contributed by atoms with van der Waals surface area (Å²) in [6, 6.07) is 7.31. The van der Waals surface area contributed by atoms with Crippen molar-refractivity contribution < 1.29 is 24.2 Å². The fourth-order valence-corrected chi connectivity index (χ4v) is 4.78. The van der Waals surface area contributed by atoms with Gasteiger partial charge in [-0.25, -0.2) is 9.59 Å². The van der Waals surface area contributed by atoms with Gasteiger partial charge in [-0.05, 0) is 50.5 Å². The minimum Gasteiger partial charge on any atom is -0.480 e. The third-order valence-electron chi connectivity index (χ3n) is 6.21. The Bertz CT molecular complexity index is 819. The highest BCUT2D eigenvalue weighted by atomic mass is 16.5. The first-order valence-electron chi connectivity index (χ1n) is 10.4. The minimum atomic E-state index is -0.975. The molecule has 160 valence electrons. The monoisotopic (exact) mass is 412 g/mol. The number of ether oxygens (including phenoxy) is 1. The average Bonchev–Trinajstić information content (AvgIpc) is 3.32. The molecule has 2 fully saturated rings. The van der Waals surface area contributed by atoms with Crippen molar-refractivity contribution in [1.82, 2.24) is 10.2 Å². The number of carboxylic acids is 1. The third kappa shape index (κ3) is 4.82. The highest BCUT2D eigenvalue weighted by Gasteiger charge is 2.49. The summed E-state index contributed by atoms with van der Waals surface area (Å²) in [5, 5.41) is 12.6. The second kappa shape index (κ2) is 9.77. The van der Waals surface area contributed by atoms with Crippen molar-refractivity contribution in [2.24, 2.45) is 5.92 Å². The van der Waals surface area contributed by atoms with E-state index in [1.165, 1.54) is 4.90 Å². The maximum Gasteiger partial charge on any atom is 0.337 e. The number of carbonyl (C=O) groups is 3. The maximum absolute atomic E-state index is 13.2. The highest BCUT2D eigenvalue weighted by molar-refractivity contribution is 5.88. The van der Waals surface area contributed by atoms with E-state index in [-0.39, 0.29) is 17.9 Å². The number of hydrogen-bond acceptors (Lipinski definition) is 5. The van der Waals surface area contributed by atoms with Gasteiger partial charge in [0.25, 0.3) is 0 Å². The minimum absolute atomic E-state index is 0.0386. The van der Waals surface area contributed by atoms with Crippen LogP contribution in [0.5, 0.6) is 0 Å². The van der Waals surface area contributed by atoms with E-state index in [0.717, 1.165) is 24.8 Å². The van der Waals surface area contributed by atoms with Gasteiger partial charge < -0.3 is 14.7 Å². The van der Waals surface area contributed by atoms with E-state index in [4.69, 9.17) is 11.2 Å². The van der Waals surface area contributed by atoms with Gasteiger partial charge in [-0.3, -0.25) is 10.1 Å². The molecule has 1 amide bonds. The molecule has 0 bridgehead atoms. The molecule has 30 heavy (non-hydrogen) atoms. The van der Waals surface area contributed by atoms with Crippen LogP contribution in [0.1, 0.15) is 44.6 Å². The van der Waals surface area contributed by atoms with E-state index in [0.29, 0.717) is 19.3 Å². The van der Waals surface area contributed by atoms with Crippen LogP contribution in [-0.2, 0) is 25.5 Å². The van der Waals surface area contributed by atoms with Gasteiger partial charge in [-0.2, -0.15) is 0 Å². The molecule has 1 heterocycles. The molecule has 1 aliphatic heterocycles. The maximum atomic E-state index is 13.2. The number of carboxylic acid groups (broad SMARTS) is 1. The van der Waals surface area contributed by atoms with Gasteiger partial charge in [0.2, 0.25) is 5.91 Å². The van der Waals surface area contributed by atoms with Gasteiger partial charge in [0.05, 0.1) is 6.04 Å². The summed E-state index contributed by atoms with van der Waals surface area (Å²) in [5.74, 6) is -1.65. The number of rotatable bonds is 8. The van der Waals surface area contributed by atoms with Gasteiger partial charge in [0, 0.05) is 6.04 Å². The van der Waals surface area contributed by atoms with Crippen molar-refractivity contribution in [3.63, 3.8) is 0 Å². The fourth-order valence-electron chi connectivity index (χ4n) is 4.78. The van der Waals surface area contributed by atoms with Crippen molar-refractivity contribution in [3.05, 3.63) is 35.9 Å². The lowest BCUT2D eigenvalue weighted by Gasteiger charge is -2.31. The van der Waals surface area contributed by atoms with Crippen LogP contribution in [0.4, 0.5) is 0 Å². The van der Waals surface area contributed by atoms with E-state index in [1.807, 2.05) is 36.4 Å². The van der Waals surface area contributed by atoms with Gasteiger partial charge in [0.15, 0.2) is 0 Å². The zero-order chi connectivity index (χ0) is 21.7. The summed E-state index contributed by atoms with van der Waals surface area (Å²) in [6.45, 7) is 1.65. The molecule has 1 aromatic rings. The van der Waals surface area contributed by atoms with Crippen LogP contribution in [-0.4, -0.2) is 52.0 Å². The van der Waals surface area contributed by atoms with E-state index in [1.54, 1.807) is 6.92 Å². The number of amides is 1. The molecule has 7 nitrogen and oxygen atoms in total. The summed E-state index contributed by atoms with van der Waals surface area (Å²) in [7, 11) is 0. The number of likely N-dealkylation sites (tertiary alicyclic amines) is 1. The lowest BCUT2D eigenvalue weighted by atomic mass is 10.0. The lowest BCUT2D eigenvalue weighted by Crippen LogP contribution is -2.55. The summed E-state index contributed by atoms with van der Waals surface area (Å²) >= 11 is 0. The van der Waals surface area contributed by atoms with Crippen molar-refractivity contribution in [2.45, 2.75) is 69.6 Å². The van der Waals surface area contributed by atoms with Gasteiger partial charge >= 0.3 is 11.9 Å². The first kappa shape index (κ1) is 21.8. The number of benzene rings is 1. The molecule has 2 N–H and O–H groups in total. The number of aliphatic carboxylic acids is 1. The Hall–Kier alpha value is -2.85. The molecule has 0 radical (unpaired) electrons. The van der Waals surface area contributed by atoms with Crippen molar-refractivity contribution in [2.75, 3.05) is 0 Å². The summed E-state index contributed by atoms with van der Waals surface area (Å²) in [6.07, 6.45) is 11.3. The number of carbonyl (C=O) groups excluding carboxylic acids is 2. The Labute approximate surface area is 176 Å². The third-order valence-corrected chi connectivity index (χ3v) is 6.21. The zero-order valence-corrected chi connectivity index (χ0v) is 17.1. The Morgan fingerprint density at radius 3 is 2.70 bits per heavy atom. The number of hydrogen-bond donors (Lipinski definition) is 2. The molecule has 3 rings (SSSR count). The highest BCUT2D eigenvalue weighted by Crippen LogP contribution is 2.41. The number of terminal acetylenes is 1. The van der Waals surface area contributed by atoms with Crippen LogP contribution in [0.15, 0.2) is 30.3 Å².